The van der Waals surface area contributed by atoms with Crippen LogP contribution in [0.4, 0.5) is 22.7 Å². The van der Waals surface area contributed by atoms with Crippen LogP contribution in [-0.4, -0.2) is 26.8 Å². The smallest absolute Gasteiger partial charge is 0.147 e. The average molecular weight is 775 g/mol. The maximum absolute atomic E-state index is 7.04. The molecule has 1 aliphatic heterocycles. The van der Waals surface area contributed by atoms with Gasteiger partial charge in [-0.15, -0.1) is 0 Å². The highest BCUT2D eigenvalue weighted by molar-refractivity contribution is 5.85. The fourth-order valence-electron chi connectivity index (χ4n) is 8.03. The monoisotopic (exact) mass is 774 g/mol. The van der Waals surface area contributed by atoms with Gasteiger partial charge in [0.15, 0.2) is 0 Å². The Balaban J connectivity index is 1.39. The van der Waals surface area contributed by atoms with Crippen LogP contribution in [-0.2, 0) is 18.0 Å². The molecule has 6 nitrogen and oxygen atoms in total. The van der Waals surface area contributed by atoms with E-state index in [0.29, 0.717) is 19.8 Å². The number of fused-ring (bicyclic) bond motifs is 2. The van der Waals surface area contributed by atoms with Gasteiger partial charge in [-0.05, 0) is 97.8 Å². The van der Waals surface area contributed by atoms with Crippen molar-refractivity contribution in [1.82, 2.24) is 0 Å². The summed E-state index contributed by atoms with van der Waals surface area (Å²) in [6.45, 7) is 14.4. The number of methoxy groups -OCH3 is 1. The van der Waals surface area contributed by atoms with Crippen LogP contribution >= 0.6 is 0 Å². The molecule has 6 aromatic rings. The summed E-state index contributed by atoms with van der Waals surface area (Å²) in [5.41, 5.74) is 12.4. The lowest BCUT2D eigenvalue weighted by molar-refractivity contribution is 0.106. The Kier molecular flexibility index (Phi) is 13.4. The number of ether oxygens (including phenoxy) is 4. The van der Waals surface area contributed by atoms with E-state index < -0.39 is 0 Å². The normalized spacial score (nSPS) is 13.0. The molecule has 0 saturated heterocycles. The third-order valence-corrected chi connectivity index (χ3v) is 11.2. The first-order valence-corrected chi connectivity index (χ1v) is 21.0. The van der Waals surface area contributed by atoms with Crippen LogP contribution < -0.4 is 24.0 Å². The van der Waals surface area contributed by atoms with Gasteiger partial charge in [-0.3, -0.25) is 0 Å². The SMILES string of the molecule is CCCCN(CCCC)c1ccc2c(c1)Oc1cc(OCC)c(N(c3ccccc3C)c3ccccc3C)cc1C2c1ccccc1COCc1ccc(OC)cc1. The Hall–Kier alpha value is -5.72. The van der Waals surface area contributed by atoms with Crippen molar-refractivity contribution in [3.8, 4) is 23.0 Å². The minimum Gasteiger partial charge on any atom is -0.497 e. The summed E-state index contributed by atoms with van der Waals surface area (Å²) in [7, 11) is 1.69. The van der Waals surface area contributed by atoms with E-state index in [-0.39, 0.29) is 5.92 Å². The third kappa shape index (κ3) is 8.88. The molecular weight excluding hydrogens is 717 g/mol. The Labute approximate surface area is 346 Å². The number of aryl methyl sites for hydroxylation is 2. The number of benzene rings is 6. The van der Waals surface area contributed by atoms with Crippen molar-refractivity contribution in [1.29, 1.82) is 0 Å². The molecule has 0 aliphatic carbocycles. The number of hydrogen-bond acceptors (Lipinski definition) is 6. The molecule has 1 atom stereocenters. The van der Waals surface area contributed by atoms with Crippen molar-refractivity contribution in [3.05, 3.63) is 166 Å². The molecule has 0 N–H and O–H groups in total. The zero-order valence-corrected chi connectivity index (χ0v) is 35.1. The summed E-state index contributed by atoms with van der Waals surface area (Å²) in [4.78, 5) is 4.88. The Bertz CT molecular complexity index is 2230. The van der Waals surface area contributed by atoms with Crippen molar-refractivity contribution >= 4 is 22.7 Å². The predicted octanol–water partition coefficient (Wildman–Crippen LogP) is 13.6. The largest absolute Gasteiger partial charge is 0.497 e. The van der Waals surface area contributed by atoms with Crippen LogP contribution in [0.1, 0.15) is 91.3 Å². The molecule has 1 heterocycles. The topological polar surface area (TPSA) is 43.4 Å². The van der Waals surface area contributed by atoms with Crippen LogP contribution in [0.3, 0.4) is 0 Å². The summed E-state index contributed by atoms with van der Waals surface area (Å²) in [5, 5.41) is 0. The zero-order valence-electron chi connectivity index (χ0n) is 35.1. The molecule has 0 bridgehead atoms. The maximum atomic E-state index is 7.04. The highest BCUT2D eigenvalue weighted by Crippen LogP contribution is 2.54. The van der Waals surface area contributed by atoms with Crippen LogP contribution in [0.15, 0.2) is 127 Å². The third-order valence-electron chi connectivity index (χ3n) is 11.2. The van der Waals surface area contributed by atoms with Gasteiger partial charge < -0.3 is 28.7 Å². The van der Waals surface area contributed by atoms with Crippen LogP contribution in [0.25, 0.3) is 0 Å². The molecule has 0 amide bonds. The van der Waals surface area contributed by atoms with E-state index in [1.165, 1.54) is 22.4 Å². The predicted molar refractivity (Wildman–Crippen MR) is 239 cm³/mol. The summed E-state index contributed by atoms with van der Waals surface area (Å²) in [5.74, 6) is 3.17. The van der Waals surface area contributed by atoms with Crippen molar-refractivity contribution in [3.63, 3.8) is 0 Å². The van der Waals surface area contributed by atoms with Crippen LogP contribution in [0, 0.1) is 13.8 Å². The van der Waals surface area contributed by atoms with E-state index in [1.54, 1.807) is 7.11 Å². The molecule has 6 heteroatoms. The van der Waals surface area contributed by atoms with Crippen LogP contribution in [0.5, 0.6) is 23.0 Å². The van der Waals surface area contributed by atoms with Gasteiger partial charge in [0.2, 0.25) is 0 Å². The summed E-state index contributed by atoms with van der Waals surface area (Å²) >= 11 is 0. The number of unbranched alkanes of at least 4 members (excludes halogenated alkanes) is 2. The standard InChI is InChI=1S/C52H58N2O4/c1-7-10-30-53(31-11-8-2)41-26-29-44-49(32-41)58-50-34-51(57-9-3)48(54(46-22-16-12-18-37(46)4)47-23-17-13-19-38(47)5)33-45(50)52(44)43-21-15-14-20-40(43)36-56-35-39-24-27-42(55-6)28-25-39/h12-29,32-34,52H,7-11,30-31,35-36H2,1-6H3. The van der Waals surface area contributed by atoms with Gasteiger partial charge in [0.25, 0.3) is 0 Å². The summed E-state index contributed by atoms with van der Waals surface area (Å²) in [6.07, 6.45) is 4.61. The van der Waals surface area contributed by atoms with Crippen molar-refractivity contribution in [2.45, 2.75) is 79.4 Å². The lowest BCUT2D eigenvalue weighted by Crippen LogP contribution is -2.26. The lowest BCUT2D eigenvalue weighted by atomic mass is 9.80. The van der Waals surface area contributed by atoms with Gasteiger partial charge in [-0.1, -0.05) is 106 Å². The Morgan fingerprint density at radius 2 is 1.24 bits per heavy atom. The van der Waals surface area contributed by atoms with Gasteiger partial charge in [0.05, 0.1) is 32.6 Å². The molecule has 6 aromatic carbocycles. The number of para-hydroxylation sites is 2. The number of anilines is 4. The minimum atomic E-state index is -0.127. The van der Waals surface area contributed by atoms with Crippen molar-refractivity contribution < 1.29 is 18.9 Å². The van der Waals surface area contributed by atoms with Gasteiger partial charge >= 0.3 is 0 Å². The molecular formula is C52H58N2O4. The molecule has 58 heavy (non-hydrogen) atoms. The molecule has 1 unspecified atom stereocenters. The molecule has 1 aliphatic rings. The molecule has 7 rings (SSSR count). The minimum absolute atomic E-state index is 0.127. The van der Waals surface area contributed by atoms with E-state index >= 15 is 0 Å². The lowest BCUT2D eigenvalue weighted by Gasteiger charge is -2.35. The van der Waals surface area contributed by atoms with Gasteiger partial charge in [-0.25, -0.2) is 0 Å². The molecule has 0 fully saturated rings. The van der Waals surface area contributed by atoms with Gasteiger partial charge in [0.1, 0.15) is 23.0 Å². The summed E-state index contributed by atoms with van der Waals surface area (Å²) < 4.78 is 25.4. The molecule has 0 aromatic heterocycles. The highest BCUT2D eigenvalue weighted by atomic mass is 16.5. The molecule has 0 spiro atoms. The second-order valence-electron chi connectivity index (χ2n) is 15.2. The first kappa shape index (κ1) is 40.5. The number of hydrogen-bond donors (Lipinski definition) is 0. The molecule has 0 radical (unpaired) electrons. The summed E-state index contributed by atoms with van der Waals surface area (Å²) in [6, 6.07) is 45.2. The first-order valence-electron chi connectivity index (χ1n) is 21.0. The van der Waals surface area contributed by atoms with E-state index in [4.69, 9.17) is 18.9 Å². The van der Waals surface area contributed by atoms with E-state index in [2.05, 4.69) is 153 Å². The first-order chi connectivity index (χ1) is 28.4. The highest BCUT2D eigenvalue weighted by Gasteiger charge is 2.34. The number of nitrogens with zero attached hydrogens (tertiary/aromatic N) is 2. The van der Waals surface area contributed by atoms with Crippen molar-refractivity contribution in [2.75, 3.05) is 36.6 Å². The van der Waals surface area contributed by atoms with Gasteiger partial charge in [-0.2, -0.15) is 0 Å². The molecule has 0 saturated carbocycles. The maximum Gasteiger partial charge on any atom is 0.147 e. The zero-order chi connectivity index (χ0) is 40.4. The quantitative estimate of drug-likeness (QED) is 0.0865. The van der Waals surface area contributed by atoms with E-state index in [0.717, 1.165) is 101 Å². The second kappa shape index (κ2) is 19.1. The Morgan fingerprint density at radius 3 is 1.88 bits per heavy atom. The fraction of sp³-hybridized carbons (Fsp3) is 0.308. The average Bonchev–Trinajstić information content (AvgIpc) is 3.25. The van der Waals surface area contributed by atoms with Crippen molar-refractivity contribution in [2.24, 2.45) is 0 Å². The van der Waals surface area contributed by atoms with Crippen LogP contribution in [0.2, 0.25) is 0 Å². The van der Waals surface area contributed by atoms with E-state index in [1.807, 2.05) is 19.1 Å². The van der Waals surface area contributed by atoms with E-state index in [9.17, 15) is 0 Å². The fourth-order valence-corrected chi connectivity index (χ4v) is 8.03. The second-order valence-corrected chi connectivity index (χ2v) is 15.2. The molecule has 300 valence electrons. The number of rotatable bonds is 18. The van der Waals surface area contributed by atoms with Gasteiger partial charge in [0, 0.05) is 59.3 Å². The Morgan fingerprint density at radius 1 is 0.603 bits per heavy atom.